The van der Waals surface area contributed by atoms with Crippen molar-refractivity contribution >= 4 is 23.0 Å². The van der Waals surface area contributed by atoms with Crippen LogP contribution in [0.25, 0.3) is 0 Å². The number of anilines is 3. The van der Waals surface area contributed by atoms with Crippen LogP contribution < -0.4 is 43.1 Å². The summed E-state index contributed by atoms with van der Waals surface area (Å²) in [7, 11) is 16.2. The predicted octanol–water partition coefficient (Wildman–Crippen LogP) is 5.06. The summed E-state index contributed by atoms with van der Waals surface area (Å²) in [6, 6.07) is 11.7. The molecule has 0 spiro atoms. The van der Waals surface area contributed by atoms with Gasteiger partial charge in [-0.25, -0.2) is 0 Å². The van der Waals surface area contributed by atoms with Crippen molar-refractivity contribution in [3.05, 3.63) is 53.1 Å². The van der Waals surface area contributed by atoms with E-state index >= 15 is 0 Å². The van der Waals surface area contributed by atoms with Gasteiger partial charge in [0.15, 0.2) is 0 Å². The average Bonchev–Trinajstić information content (AvgIpc) is 2.99. The highest BCUT2D eigenvalue weighted by Crippen LogP contribution is 2.56. The molecule has 3 aromatic carbocycles. The number of hydrogen-bond acceptors (Lipinski definition) is 10. The lowest BCUT2D eigenvalue weighted by Gasteiger charge is -2.33. The number of carbonyl (C=O) groups is 1. The maximum atomic E-state index is 11.1. The van der Waals surface area contributed by atoms with E-state index in [-0.39, 0.29) is 13.2 Å². The Kier molecular flexibility index (Phi) is 10.1. The van der Waals surface area contributed by atoms with E-state index in [2.05, 4.69) is 0 Å². The monoisotopic (exact) mass is 609 g/mol. The molecule has 238 valence electrons. The van der Waals surface area contributed by atoms with Crippen molar-refractivity contribution < 1.29 is 38.3 Å². The van der Waals surface area contributed by atoms with Gasteiger partial charge in [0, 0.05) is 118 Å². The molecule has 0 fully saturated rings. The Bertz CT molecular complexity index is 1400. The largest absolute Gasteiger partial charge is 0.496 e. The second kappa shape index (κ2) is 13.7. The molecule has 0 unspecified atom stereocenters. The molecule has 4 rings (SSSR count). The molecule has 0 atom stereocenters. The van der Waals surface area contributed by atoms with Gasteiger partial charge in [0.25, 0.3) is 0 Å². The van der Waals surface area contributed by atoms with E-state index in [0.717, 1.165) is 33.8 Å². The minimum absolute atomic E-state index is 0.0266. The molecule has 1 heterocycles. The molecule has 1 aliphatic rings. The second-order valence-electron chi connectivity index (χ2n) is 10.9. The van der Waals surface area contributed by atoms with Crippen LogP contribution in [0.2, 0.25) is 0 Å². The van der Waals surface area contributed by atoms with Crippen LogP contribution in [0.4, 0.5) is 17.1 Å². The van der Waals surface area contributed by atoms with Gasteiger partial charge in [-0.3, -0.25) is 4.79 Å². The standard InChI is InChI=1S/C33H43N3O8/c1-34(2)20-13-23(39-6)31-27(15-20)43-19-44-28-16-21(35(3)4)14-24(40-7)32(28)33(31)30-25(41-8)17-22(18-26(30)42-9)36(5)12-10-11-29(37)38/h13-18,33H,10-12,19H2,1-9H3,(H,37,38). The summed E-state index contributed by atoms with van der Waals surface area (Å²) in [5.41, 5.74) is 4.85. The fourth-order valence-corrected chi connectivity index (χ4v) is 5.45. The third-order valence-corrected chi connectivity index (χ3v) is 7.80. The fourth-order valence-electron chi connectivity index (χ4n) is 5.45. The van der Waals surface area contributed by atoms with E-state index in [1.165, 1.54) is 0 Å². The topological polar surface area (TPSA) is 102 Å². The van der Waals surface area contributed by atoms with Crippen LogP contribution >= 0.6 is 0 Å². The molecule has 0 radical (unpaired) electrons. The Balaban J connectivity index is 2.07. The third kappa shape index (κ3) is 6.46. The quantitative estimate of drug-likeness (QED) is 0.298. The molecular formula is C33H43N3O8. The summed E-state index contributed by atoms with van der Waals surface area (Å²) < 4.78 is 36.8. The molecular weight excluding hydrogens is 566 g/mol. The van der Waals surface area contributed by atoms with Crippen LogP contribution in [0.5, 0.6) is 34.5 Å². The summed E-state index contributed by atoms with van der Waals surface area (Å²) in [6.45, 7) is 0.512. The highest BCUT2D eigenvalue weighted by molar-refractivity contribution is 5.73. The van der Waals surface area contributed by atoms with Crippen molar-refractivity contribution in [2.24, 2.45) is 0 Å². The first-order valence-electron chi connectivity index (χ1n) is 14.3. The van der Waals surface area contributed by atoms with Crippen molar-refractivity contribution in [2.75, 3.05) is 91.7 Å². The molecule has 0 saturated heterocycles. The first kappa shape index (κ1) is 32.2. The molecule has 0 aromatic heterocycles. The number of rotatable bonds is 12. The van der Waals surface area contributed by atoms with Crippen molar-refractivity contribution in [3.63, 3.8) is 0 Å². The Morgan fingerprint density at radius 1 is 0.705 bits per heavy atom. The van der Waals surface area contributed by atoms with Gasteiger partial charge in [-0.2, -0.15) is 0 Å². The van der Waals surface area contributed by atoms with E-state index in [0.29, 0.717) is 47.5 Å². The Hall–Kier alpha value is -4.67. The van der Waals surface area contributed by atoms with Crippen LogP contribution in [0.1, 0.15) is 35.4 Å². The van der Waals surface area contributed by atoms with Gasteiger partial charge in [-0.05, 0) is 6.42 Å². The maximum Gasteiger partial charge on any atom is 0.303 e. The second-order valence-corrected chi connectivity index (χ2v) is 10.9. The van der Waals surface area contributed by atoms with Gasteiger partial charge < -0.3 is 48.2 Å². The van der Waals surface area contributed by atoms with Crippen molar-refractivity contribution in [3.8, 4) is 34.5 Å². The summed E-state index contributed by atoms with van der Waals surface area (Å²) in [5, 5.41) is 9.12. The van der Waals surface area contributed by atoms with Crippen LogP contribution in [-0.4, -0.2) is 88.1 Å². The molecule has 0 bridgehead atoms. The molecule has 0 amide bonds. The zero-order valence-electron chi connectivity index (χ0n) is 27.0. The minimum atomic E-state index is -0.826. The minimum Gasteiger partial charge on any atom is -0.496 e. The fraction of sp³-hybridized carbons (Fsp3) is 0.424. The van der Waals surface area contributed by atoms with E-state index in [9.17, 15) is 4.79 Å². The Labute approximate surface area is 259 Å². The Morgan fingerprint density at radius 3 is 1.50 bits per heavy atom. The van der Waals surface area contributed by atoms with E-state index in [4.69, 9.17) is 33.5 Å². The van der Waals surface area contributed by atoms with E-state index < -0.39 is 11.9 Å². The normalized spacial score (nSPS) is 12.4. The van der Waals surface area contributed by atoms with Crippen LogP contribution in [0.3, 0.4) is 0 Å². The predicted molar refractivity (Wildman–Crippen MR) is 171 cm³/mol. The Morgan fingerprint density at radius 2 is 1.11 bits per heavy atom. The number of benzene rings is 3. The van der Waals surface area contributed by atoms with Crippen LogP contribution in [0, 0.1) is 0 Å². The lowest BCUT2D eigenvalue weighted by molar-refractivity contribution is -0.137. The van der Waals surface area contributed by atoms with E-state index in [1.807, 2.05) is 86.3 Å². The zero-order valence-corrected chi connectivity index (χ0v) is 27.0. The molecule has 11 nitrogen and oxygen atoms in total. The number of carboxylic acid groups (broad SMARTS) is 1. The maximum absolute atomic E-state index is 11.1. The number of aliphatic carboxylic acids is 1. The first-order valence-corrected chi connectivity index (χ1v) is 14.3. The molecule has 44 heavy (non-hydrogen) atoms. The van der Waals surface area contributed by atoms with Crippen molar-refractivity contribution in [1.29, 1.82) is 0 Å². The van der Waals surface area contributed by atoms with Crippen molar-refractivity contribution in [1.82, 2.24) is 0 Å². The smallest absolute Gasteiger partial charge is 0.303 e. The lowest BCUT2D eigenvalue weighted by Crippen LogP contribution is -2.21. The summed E-state index contributed by atoms with van der Waals surface area (Å²) in [5.74, 6) is 2.11. The number of ether oxygens (including phenoxy) is 6. The van der Waals surface area contributed by atoms with Crippen molar-refractivity contribution in [2.45, 2.75) is 18.8 Å². The number of nitrogens with zero attached hydrogens (tertiary/aromatic N) is 3. The van der Waals surface area contributed by atoms with Crippen LogP contribution in [-0.2, 0) is 4.79 Å². The average molecular weight is 610 g/mol. The lowest BCUT2D eigenvalue weighted by atomic mass is 9.81. The third-order valence-electron chi connectivity index (χ3n) is 7.80. The van der Waals surface area contributed by atoms with Gasteiger partial charge in [-0.15, -0.1) is 0 Å². The molecule has 1 aliphatic heterocycles. The van der Waals surface area contributed by atoms with Gasteiger partial charge in [0.2, 0.25) is 6.79 Å². The summed E-state index contributed by atoms with van der Waals surface area (Å²) in [6.07, 6.45) is 0.572. The first-order chi connectivity index (χ1) is 21.0. The number of hydrogen-bond donors (Lipinski definition) is 1. The molecule has 0 saturated carbocycles. The number of fused-ring (bicyclic) bond motifs is 2. The molecule has 1 N–H and O–H groups in total. The summed E-state index contributed by atoms with van der Waals surface area (Å²) >= 11 is 0. The molecule has 3 aromatic rings. The number of carboxylic acids is 1. The van der Waals surface area contributed by atoms with Gasteiger partial charge in [0.1, 0.15) is 34.5 Å². The highest BCUT2D eigenvalue weighted by Gasteiger charge is 2.37. The summed E-state index contributed by atoms with van der Waals surface area (Å²) in [4.78, 5) is 17.1. The van der Waals surface area contributed by atoms with E-state index in [1.54, 1.807) is 28.4 Å². The van der Waals surface area contributed by atoms with Gasteiger partial charge in [-0.1, -0.05) is 0 Å². The SMILES string of the molecule is COc1cc(N(C)CCCC(=O)O)cc(OC)c1C1c2c(OC)cc(N(C)C)cc2OCOc2cc(N(C)C)cc(OC)c21. The molecule has 0 aliphatic carbocycles. The zero-order chi connectivity index (χ0) is 32.1. The number of methoxy groups -OCH3 is 4. The highest BCUT2D eigenvalue weighted by atomic mass is 16.7. The van der Waals surface area contributed by atoms with Gasteiger partial charge >= 0.3 is 5.97 Å². The van der Waals surface area contributed by atoms with Crippen LogP contribution in [0.15, 0.2) is 36.4 Å². The van der Waals surface area contributed by atoms with Gasteiger partial charge in [0.05, 0.1) is 34.4 Å². The molecule has 11 heteroatoms.